The van der Waals surface area contributed by atoms with E-state index in [-0.39, 0.29) is 35.8 Å². The molecule has 192 valence electrons. The minimum absolute atomic E-state index is 0.00977. The van der Waals surface area contributed by atoms with Gasteiger partial charge < -0.3 is 25.2 Å². The molecule has 0 radical (unpaired) electrons. The number of ether oxygens (including phenoxy) is 1. The number of rotatable bonds is 5. The van der Waals surface area contributed by atoms with Crippen molar-refractivity contribution in [3.63, 3.8) is 0 Å². The number of piperidine rings is 1. The van der Waals surface area contributed by atoms with E-state index in [2.05, 4.69) is 15.6 Å². The quantitative estimate of drug-likeness (QED) is 0.511. The number of carbonyl (C=O) groups is 2. The molecule has 0 saturated carbocycles. The highest BCUT2D eigenvalue weighted by Gasteiger charge is 2.29. The zero-order valence-corrected chi connectivity index (χ0v) is 21.0. The van der Waals surface area contributed by atoms with Gasteiger partial charge in [0.25, 0.3) is 5.91 Å². The van der Waals surface area contributed by atoms with Crippen LogP contribution in [0.15, 0.2) is 35.0 Å². The summed E-state index contributed by atoms with van der Waals surface area (Å²) in [5.41, 5.74) is 6.40. The smallest absolute Gasteiger partial charge is 0.410 e. The van der Waals surface area contributed by atoms with Crippen LogP contribution < -0.4 is 11.1 Å². The maximum Gasteiger partial charge on any atom is 0.410 e. The number of nitrogens with two attached hydrogens (primary N) is 1. The van der Waals surface area contributed by atoms with E-state index < -0.39 is 17.3 Å². The average molecular weight is 519 g/mol. The van der Waals surface area contributed by atoms with Gasteiger partial charge in [-0.05, 0) is 63.4 Å². The zero-order chi connectivity index (χ0) is 26.0. The van der Waals surface area contributed by atoms with Crippen molar-refractivity contribution in [2.24, 2.45) is 0 Å². The van der Waals surface area contributed by atoms with Crippen molar-refractivity contribution in [2.75, 3.05) is 18.8 Å². The molecule has 4 rings (SSSR count). The SMILES string of the molecule is CC(C)(C)OC(=O)N1CCC(n2ccc(-c3noc(N)c3C(=O)NCc3cc(F)ccc3Cl)n2)CC1. The third kappa shape index (κ3) is 5.78. The van der Waals surface area contributed by atoms with E-state index in [0.717, 1.165) is 0 Å². The molecule has 1 fully saturated rings. The van der Waals surface area contributed by atoms with Gasteiger partial charge in [-0.25, -0.2) is 9.18 Å². The van der Waals surface area contributed by atoms with Crippen LogP contribution in [0.5, 0.6) is 0 Å². The Morgan fingerprint density at radius 1 is 1.28 bits per heavy atom. The second-order valence-electron chi connectivity index (χ2n) is 9.57. The lowest BCUT2D eigenvalue weighted by atomic mass is 10.1. The number of anilines is 1. The average Bonchev–Trinajstić information content (AvgIpc) is 3.45. The summed E-state index contributed by atoms with van der Waals surface area (Å²) in [5.74, 6) is -1.17. The molecule has 3 aromatic rings. The molecule has 3 heterocycles. The van der Waals surface area contributed by atoms with Crippen LogP contribution in [-0.4, -0.2) is 50.5 Å². The first-order valence-electron chi connectivity index (χ1n) is 11.5. The Morgan fingerprint density at radius 3 is 2.69 bits per heavy atom. The lowest BCUT2D eigenvalue weighted by Crippen LogP contribution is -2.42. The lowest BCUT2D eigenvalue weighted by molar-refractivity contribution is 0.0184. The third-order valence-electron chi connectivity index (χ3n) is 5.73. The molecule has 0 spiro atoms. The van der Waals surface area contributed by atoms with Crippen LogP contribution in [0.4, 0.5) is 15.1 Å². The van der Waals surface area contributed by atoms with Crippen molar-refractivity contribution < 1.29 is 23.2 Å². The molecule has 0 aliphatic carbocycles. The van der Waals surface area contributed by atoms with Gasteiger partial charge in [-0.15, -0.1) is 0 Å². The van der Waals surface area contributed by atoms with E-state index in [4.69, 9.17) is 26.6 Å². The van der Waals surface area contributed by atoms with Crippen molar-refractivity contribution >= 4 is 29.5 Å². The van der Waals surface area contributed by atoms with Gasteiger partial charge in [-0.2, -0.15) is 5.10 Å². The molecule has 2 amide bonds. The molecule has 36 heavy (non-hydrogen) atoms. The number of likely N-dealkylation sites (tertiary alicyclic amines) is 1. The first kappa shape index (κ1) is 25.5. The Morgan fingerprint density at radius 2 is 2.00 bits per heavy atom. The summed E-state index contributed by atoms with van der Waals surface area (Å²) in [5, 5.41) is 11.5. The fraction of sp³-hybridized carbons (Fsp3) is 0.417. The first-order valence-corrected chi connectivity index (χ1v) is 11.9. The first-order chi connectivity index (χ1) is 17.0. The summed E-state index contributed by atoms with van der Waals surface area (Å²) >= 11 is 6.08. The van der Waals surface area contributed by atoms with Crippen LogP contribution >= 0.6 is 11.6 Å². The van der Waals surface area contributed by atoms with Gasteiger partial charge in [-0.3, -0.25) is 9.48 Å². The normalized spacial score (nSPS) is 14.6. The number of amides is 2. The molecule has 10 nitrogen and oxygen atoms in total. The second-order valence-corrected chi connectivity index (χ2v) is 9.98. The highest BCUT2D eigenvalue weighted by molar-refractivity contribution is 6.31. The van der Waals surface area contributed by atoms with Crippen LogP contribution in [0, 0.1) is 5.82 Å². The van der Waals surface area contributed by atoms with Crippen LogP contribution in [0.1, 0.15) is 55.6 Å². The minimum Gasteiger partial charge on any atom is -0.444 e. The van der Waals surface area contributed by atoms with Crippen LogP contribution in [0.25, 0.3) is 11.4 Å². The molecule has 0 atom stereocenters. The molecular weight excluding hydrogens is 491 g/mol. The maximum absolute atomic E-state index is 13.5. The molecule has 2 aromatic heterocycles. The standard InChI is InChI=1S/C24H28ClFN6O4/c1-24(2,3)35-23(34)31-9-6-16(7-10-31)32-11-8-18(29-32)20-19(21(27)36-30-20)22(33)28-13-14-12-15(26)4-5-17(14)25/h4-5,8,11-12,16H,6-7,9-10,13,27H2,1-3H3,(H,28,33). The summed E-state index contributed by atoms with van der Waals surface area (Å²) < 4.78 is 25.8. The highest BCUT2D eigenvalue weighted by Crippen LogP contribution is 2.29. The predicted octanol–water partition coefficient (Wildman–Crippen LogP) is 4.41. The van der Waals surface area contributed by atoms with Gasteiger partial charge in [0.1, 0.15) is 28.4 Å². The number of carbonyl (C=O) groups excluding carboxylic acids is 2. The number of aromatic nitrogens is 3. The van der Waals surface area contributed by atoms with Crippen LogP contribution in [0.2, 0.25) is 5.02 Å². The van der Waals surface area contributed by atoms with Gasteiger partial charge in [0.15, 0.2) is 0 Å². The molecule has 1 aliphatic rings. The topological polar surface area (TPSA) is 129 Å². The van der Waals surface area contributed by atoms with Gasteiger partial charge in [0.2, 0.25) is 5.88 Å². The van der Waals surface area contributed by atoms with E-state index in [9.17, 15) is 14.0 Å². The van der Waals surface area contributed by atoms with E-state index in [1.165, 1.54) is 18.2 Å². The molecule has 1 aliphatic heterocycles. The molecule has 1 saturated heterocycles. The Labute approximate surface area is 212 Å². The fourth-order valence-corrected chi connectivity index (χ4v) is 4.13. The van der Waals surface area contributed by atoms with Crippen molar-refractivity contribution in [3.05, 3.63) is 52.4 Å². The number of benzene rings is 1. The maximum atomic E-state index is 13.5. The number of hydrogen-bond acceptors (Lipinski definition) is 7. The second kappa shape index (κ2) is 10.2. The Bertz CT molecular complexity index is 1260. The van der Waals surface area contributed by atoms with Gasteiger partial charge in [0.05, 0.1) is 6.04 Å². The summed E-state index contributed by atoms with van der Waals surface area (Å²) in [7, 11) is 0. The van der Waals surface area contributed by atoms with Gasteiger partial charge in [0, 0.05) is 30.9 Å². The zero-order valence-electron chi connectivity index (χ0n) is 20.3. The van der Waals surface area contributed by atoms with Crippen molar-refractivity contribution in [1.29, 1.82) is 0 Å². The van der Waals surface area contributed by atoms with E-state index >= 15 is 0 Å². The summed E-state index contributed by atoms with van der Waals surface area (Å²) in [4.78, 5) is 26.9. The lowest BCUT2D eigenvalue weighted by Gasteiger charge is -2.33. The third-order valence-corrected chi connectivity index (χ3v) is 6.10. The number of halogens is 2. The van der Waals surface area contributed by atoms with E-state index in [1.807, 2.05) is 20.8 Å². The summed E-state index contributed by atoms with van der Waals surface area (Å²) in [6.45, 7) is 6.59. The number of nitrogen functional groups attached to an aromatic ring is 1. The predicted molar refractivity (Wildman–Crippen MR) is 131 cm³/mol. The molecular formula is C24H28ClFN6O4. The van der Waals surface area contributed by atoms with Crippen LogP contribution in [-0.2, 0) is 11.3 Å². The molecule has 12 heteroatoms. The number of nitrogens with zero attached hydrogens (tertiary/aromatic N) is 4. The number of nitrogens with one attached hydrogen (secondary N) is 1. The molecule has 3 N–H and O–H groups in total. The minimum atomic E-state index is -0.552. The largest absolute Gasteiger partial charge is 0.444 e. The van der Waals surface area contributed by atoms with E-state index in [0.29, 0.717) is 42.2 Å². The Kier molecular flexibility index (Phi) is 7.21. The Balaban J connectivity index is 1.42. The van der Waals surface area contributed by atoms with E-state index in [1.54, 1.807) is 21.8 Å². The number of hydrogen-bond donors (Lipinski definition) is 2. The van der Waals surface area contributed by atoms with Gasteiger partial charge in [-0.1, -0.05) is 16.8 Å². The monoisotopic (exact) mass is 518 g/mol. The van der Waals surface area contributed by atoms with Crippen LogP contribution in [0.3, 0.4) is 0 Å². The van der Waals surface area contributed by atoms with Gasteiger partial charge >= 0.3 is 6.09 Å². The molecule has 1 aromatic carbocycles. The van der Waals surface area contributed by atoms with Crippen molar-refractivity contribution in [1.82, 2.24) is 25.2 Å². The molecule has 0 unspecified atom stereocenters. The highest BCUT2D eigenvalue weighted by atomic mass is 35.5. The van der Waals surface area contributed by atoms with Crippen molar-refractivity contribution in [3.8, 4) is 11.4 Å². The summed E-state index contributed by atoms with van der Waals surface area (Å²) in [6.07, 6.45) is 2.87. The summed E-state index contributed by atoms with van der Waals surface area (Å²) in [6, 6.07) is 5.69. The Hall–Kier alpha value is -3.60. The van der Waals surface area contributed by atoms with Crippen molar-refractivity contribution in [2.45, 2.75) is 51.8 Å². The molecule has 0 bridgehead atoms. The fourth-order valence-electron chi connectivity index (χ4n) is 3.95.